The average Bonchev–Trinajstić information content (AvgIpc) is 2.70. The van der Waals surface area contributed by atoms with E-state index < -0.39 is 5.97 Å². The Hall–Kier alpha value is -0.570. The van der Waals surface area contributed by atoms with Crippen molar-refractivity contribution < 1.29 is 15.0 Å². The van der Waals surface area contributed by atoms with Crippen LogP contribution in [0.15, 0.2) is 0 Å². The zero-order valence-corrected chi connectivity index (χ0v) is 19.6. The molecule has 3 nitrogen and oxygen atoms in total. The van der Waals surface area contributed by atoms with Gasteiger partial charge in [-0.1, -0.05) is 129 Å². The van der Waals surface area contributed by atoms with E-state index in [4.69, 9.17) is 5.11 Å². The standard InChI is InChI=1S/C26H52O3/c1-2-3-4-5-6-10-13-16-19-22-25(27)23-20-17-14-11-8-7-9-12-15-18-21-24-26(28)29/h25,27H,2-24H2,1H3,(H,28,29). The van der Waals surface area contributed by atoms with Crippen molar-refractivity contribution >= 4 is 5.97 Å². The van der Waals surface area contributed by atoms with E-state index in [1.165, 1.54) is 116 Å². The Morgan fingerprint density at radius 3 is 1.21 bits per heavy atom. The zero-order valence-electron chi connectivity index (χ0n) is 19.6. The molecule has 0 aliphatic rings. The molecule has 2 N–H and O–H groups in total. The van der Waals surface area contributed by atoms with E-state index in [9.17, 15) is 9.90 Å². The number of rotatable bonds is 24. The minimum Gasteiger partial charge on any atom is -0.481 e. The Morgan fingerprint density at radius 1 is 0.552 bits per heavy atom. The molecule has 0 spiro atoms. The highest BCUT2D eigenvalue weighted by Crippen LogP contribution is 2.16. The molecule has 0 aliphatic heterocycles. The smallest absolute Gasteiger partial charge is 0.303 e. The van der Waals surface area contributed by atoms with E-state index in [1.807, 2.05) is 0 Å². The number of unbranched alkanes of at least 4 members (excludes halogenated alkanes) is 18. The van der Waals surface area contributed by atoms with E-state index in [-0.39, 0.29) is 6.10 Å². The van der Waals surface area contributed by atoms with Crippen LogP contribution in [0.25, 0.3) is 0 Å². The average molecular weight is 413 g/mol. The third kappa shape index (κ3) is 25.4. The number of hydrogen-bond donors (Lipinski definition) is 2. The van der Waals surface area contributed by atoms with Gasteiger partial charge in [-0.2, -0.15) is 0 Å². The third-order valence-corrected chi connectivity index (χ3v) is 6.07. The van der Waals surface area contributed by atoms with Crippen LogP contribution < -0.4 is 0 Å². The number of carboxylic acids is 1. The summed E-state index contributed by atoms with van der Waals surface area (Å²) in [5.41, 5.74) is 0. The first-order chi connectivity index (χ1) is 14.2. The van der Waals surface area contributed by atoms with Gasteiger partial charge in [0.05, 0.1) is 6.10 Å². The van der Waals surface area contributed by atoms with Gasteiger partial charge >= 0.3 is 5.97 Å². The predicted molar refractivity (Wildman–Crippen MR) is 126 cm³/mol. The van der Waals surface area contributed by atoms with Crippen LogP contribution in [-0.2, 0) is 4.79 Å². The Balaban J connectivity index is 3.14. The van der Waals surface area contributed by atoms with E-state index in [2.05, 4.69) is 6.92 Å². The Morgan fingerprint density at radius 2 is 0.862 bits per heavy atom. The van der Waals surface area contributed by atoms with Crippen molar-refractivity contribution in [2.75, 3.05) is 0 Å². The molecule has 0 saturated heterocycles. The van der Waals surface area contributed by atoms with Gasteiger partial charge in [0.2, 0.25) is 0 Å². The maximum absolute atomic E-state index is 10.4. The molecule has 29 heavy (non-hydrogen) atoms. The normalized spacial score (nSPS) is 12.3. The molecule has 0 aromatic heterocycles. The minimum absolute atomic E-state index is 0.0688. The zero-order chi connectivity index (χ0) is 21.4. The molecule has 1 atom stereocenters. The molecule has 0 radical (unpaired) electrons. The maximum atomic E-state index is 10.4. The topological polar surface area (TPSA) is 57.5 Å². The molecular weight excluding hydrogens is 360 g/mol. The van der Waals surface area contributed by atoms with Gasteiger partial charge in [0, 0.05) is 6.42 Å². The van der Waals surface area contributed by atoms with Gasteiger partial charge in [-0.3, -0.25) is 4.79 Å². The van der Waals surface area contributed by atoms with Gasteiger partial charge in [0.1, 0.15) is 0 Å². The lowest BCUT2D eigenvalue weighted by atomic mass is 10.0. The van der Waals surface area contributed by atoms with Crippen molar-refractivity contribution in [3.05, 3.63) is 0 Å². The SMILES string of the molecule is CCCCCCCCCCCC(O)CCCCCCCCCCCCCC(=O)O. The molecule has 0 rings (SSSR count). The lowest BCUT2D eigenvalue weighted by Gasteiger charge is -2.10. The van der Waals surface area contributed by atoms with Gasteiger partial charge in [0.15, 0.2) is 0 Å². The molecule has 1 unspecified atom stereocenters. The van der Waals surface area contributed by atoms with Crippen molar-refractivity contribution in [3.63, 3.8) is 0 Å². The van der Waals surface area contributed by atoms with Crippen LogP contribution in [0, 0.1) is 0 Å². The molecule has 0 saturated carbocycles. The third-order valence-electron chi connectivity index (χ3n) is 6.07. The van der Waals surface area contributed by atoms with Gasteiger partial charge in [0.25, 0.3) is 0 Å². The van der Waals surface area contributed by atoms with E-state index in [0.717, 1.165) is 25.7 Å². The molecule has 0 aliphatic carbocycles. The van der Waals surface area contributed by atoms with Crippen molar-refractivity contribution in [2.45, 2.75) is 161 Å². The second-order valence-corrected chi connectivity index (χ2v) is 9.09. The molecule has 0 heterocycles. The quantitative estimate of drug-likeness (QED) is 0.156. The summed E-state index contributed by atoms with van der Waals surface area (Å²) in [6.45, 7) is 2.27. The number of carboxylic acid groups (broad SMARTS) is 1. The van der Waals surface area contributed by atoms with Gasteiger partial charge in [-0.05, 0) is 19.3 Å². The second kappa shape index (κ2) is 23.7. The minimum atomic E-state index is -0.666. The van der Waals surface area contributed by atoms with Crippen LogP contribution in [0.5, 0.6) is 0 Å². The fourth-order valence-electron chi connectivity index (χ4n) is 4.08. The Bertz CT molecular complexity index is 330. The molecule has 0 aromatic carbocycles. The van der Waals surface area contributed by atoms with Crippen LogP contribution in [0.1, 0.15) is 155 Å². The fourth-order valence-corrected chi connectivity index (χ4v) is 4.08. The van der Waals surface area contributed by atoms with Gasteiger partial charge in [-0.25, -0.2) is 0 Å². The first-order valence-electron chi connectivity index (χ1n) is 13.1. The summed E-state index contributed by atoms with van der Waals surface area (Å²) < 4.78 is 0. The van der Waals surface area contributed by atoms with E-state index >= 15 is 0 Å². The van der Waals surface area contributed by atoms with Crippen molar-refractivity contribution in [1.82, 2.24) is 0 Å². The molecule has 0 fully saturated rings. The van der Waals surface area contributed by atoms with Crippen molar-refractivity contribution in [1.29, 1.82) is 0 Å². The van der Waals surface area contributed by atoms with Gasteiger partial charge < -0.3 is 10.2 Å². The molecule has 0 amide bonds. The highest BCUT2D eigenvalue weighted by molar-refractivity contribution is 5.66. The highest BCUT2D eigenvalue weighted by atomic mass is 16.4. The monoisotopic (exact) mass is 412 g/mol. The van der Waals surface area contributed by atoms with Crippen LogP contribution in [0.2, 0.25) is 0 Å². The Labute approximate surface area is 182 Å². The Kier molecular flexibility index (Phi) is 23.2. The van der Waals surface area contributed by atoms with Crippen LogP contribution in [0.3, 0.4) is 0 Å². The summed E-state index contributed by atoms with van der Waals surface area (Å²) in [6.07, 6.45) is 27.8. The number of aliphatic carboxylic acids is 1. The molecule has 0 bridgehead atoms. The maximum Gasteiger partial charge on any atom is 0.303 e. The largest absolute Gasteiger partial charge is 0.481 e. The van der Waals surface area contributed by atoms with Crippen LogP contribution in [0.4, 0.5) is 0 Å². The van der Waals surface area contributed by atoms with Gasteiger partial charge in [-0.15, -0.1) is 0 Å². The second-order valence-electron chi connectivity index (χ2n) is 9.09. The summed E-state index contributed by atoms with van der Waals surface area (Å²) in [7, 11) is 0. The number of hydrogen-bond acceptors (Lipinski definition) is 2. The molecular formula is C26H52O3. The first kappa shape index (κ1) is 28.4. The highest BCUT2D eigenvalue weighted by Gasteiger charge is 2.04. The van der Waals surface area contributed by atoms with E-state index in [1.54, 1.807) is 0 Å². The van der Waals surface area contributed by atoms with Crippen LogP contribution >= 0.6 is 0 Å². The number of aliphatic hydroxyl groups excluding tert-OH is 1. The fraction of sp³-hybridized carbons (Fsp3) is 0.962. The predicted octanol–water partition coefficient (Wildman–Crippen LogP) is 8.42. The molecule has 3 heteroatoms. The first-order valence-corrected chi connectivity index (χ1v) is 13.1. The van der Waals surface area contributed by atoms with E-state index in [0.29, 0.717) is 6.42 Å². The summed E-state index contributed by atoms with van der Waals surface area (Å²) in [6, 6.07) is 0. The summed E-state index contributed by atoms with van der Waals surface area (Å²) in [5.74, 6) is -0.666. The summed E-state index contributed by atoms with van der Waals surface area (Å²) >= 11 is 0. The number of aliphatic hydroxyl groups is 1. The lowest BCUT2D eigenvalue weighted by molar-refractivity contribution is -0.137. The molecule has 174 valence electrons. The summed E-state index contributed by atoms with van der Waals surface area (Å²) in [5, 5.41) is 18.7. The molecule has 0 aromatic rings. The van der Waals surface area contributed by atoms with Crippen molar-refractivity contribution in [3.8, 4) is 0 Å². The lowest BCUT2D eigenvalue weighted by Crippen LogP contribution is -2.05. The van der Waals surface area contributed by atoms with Crippen molar-refractivity contribution in [2.24, 2.45) is 0 Å². The summed E-state index contributed by atoms with van der Waals surface area (Å²) in [4.78, 5) is 10.4. The number of carbonyl (C=O) groups is 1. The van der Waals surface area contributed by atoms with Crippen LogP contribution in [-0.4, -0.2) is 22.3 Å².